The highest BCUT2D eigenvalue weighted by atomic mass is 16.6. The Morgan fingerprint density at radius 1 is 1.03 bits per heavy atom. The van der Waals surface area contributed by atoms with Crippen LogP contribution >= 0.6 is 0 Å². The van der Waals surface area contributed by atoms with Gasteiger partial charge in [0.05, 0.1) is 11.1 Å². The van der Waals surface area contributed by atoms with E-state index in [1.54, 1.807) is 24.4 Å². The summed E-state index contributed by atoms with van der Waals surface area (Å²) in [6.45, 7) is 4.44. The molecule has 0 bridgehead atoms. The number of nitro groups is 1. The van der Waals surface area contributed by atoms with Gasteiger partial charge in [0.15, 0.2) is 0 Å². The normalized spacial score (nSPS) is 11.2. The third-order valence-corrected chi connectivity index (χ3v) is 5.52. The summed E-state index contributed by atoms with van der Waals surface area (Å²) >= 11 is 0. The third kappa shape index (κ3) is 4.13. The van der Waals surface area contributed by atoms with Crippen molar-refractivity contribution in [1.29, 1.82) is 0 Å². The zero-order chi connectivity index (χ0) is 22.7. The summed E-state index contributed by atoms with van der Waals surface area (Å²) in [5.41, 5.74) is 8.03. The maximum absolute atomic E-state index is 12.4. The average Bonchev–Trinajstić information content (AvgIpc) is 3.05. The van der Waals surface area contributed by atoms with E-state index >= 15 is 0 Å². The Labute approximate surface area is 185 Å². The minimum absolute atomic E-state index is 0.0695. The standard InChI is InChI=1S/C25H22N4O3/c1-17-7-3-4-8-21(17)25(30)27-26-15-23-18(2)28(24-10-6-5-9-22(23)24)16-19-11-13-20(14-12-19)29(31)32/h3-15H,16H2,1-2H3,(H,27,30)/b26-15-. The first-order valence-electron chi connectivity index (χ1n) is 10.2. The summed E-state index contributed by atoms with van der Waals surface area (Å²) in [6.07, 6.45) is 1.67. The van der Waals surface area contributed by atoms with Gasteiger partial charge >= 0.3 is 0 Å². The van der Waals surface area contributed by atoms with Crippen molar-refractivity contribution in [3.8, 4) is 0 Å². The van der Waals surface area contributed by atoms with Gasteiger partial charge in [-0.25, -0.2) is 5.43 Å². The largest absolute Gasteiger partial charge is 0.340 e. The van der Waals surface area contributed by atoms with Gasteiger partial charge in [0.25, 0.3) is 11.6 Å². The number of non-ortho nitro benzene ring substituents is 1. The van der Waals surface area contributed by atoms with Crippen LogP contribution in [0, 0.1) is 24.0 Å². The van der Waals surface area contributed by atoms with Gasteiger partial charge in [-0.15, -0.1) is 0 Å². The van der Waals surface area contributed by atoms with Gasteiger partial charge < -0.3 is 4.57 Å². The number of nitrogens with zero attached hydrogens (tertiary/aromatic N) is 3. The number of nitro benzene ring substituents is 1. The molecule has 0 fully saturated rings. The summed E-state index contributed by atoms with van der Waals surface area (Å²) in [6, 6.07) is 21.9. The molecule has 0 aliphatic heterocycles. The third-order valence-electron chi connectivity index (χ3n) is 5.52. The predicted molar refractivity (Wildman–Crippen MR) is 125 cm³/mol. The number of hydrogen-bond donors (Lipinski definition) is 1. The van der Waals surface area contributed by atoms with Gasteiger partial charge in [-0.1, -0.05) is 48.5 Å². The Balaban J connectivity index is 1.62. The molecule has 0 radical (unpaired) electrons. The van der Waals surface area contributed by atoms with E-state index in [-0.39, 0.29) is 11.6 Å². The molecule has 0 spiro atoms. The lowest BCUT2D eigenvalue weighted by Gasteiger charge is -2.08. The number of aryl methyl sites for hydroxylation is 1. The first kappa shape index (κ1) is 21.0. The Bertz CT molecular complexity index is 1340. The molecular weight excluding hydrogens is 404 g/mol. The highest BCUT2D eigenvalue weighted by molar-refractivity contribution is 6.02. The van der Waals surface area contributed by atoms with Gasteiger partial charge in [-0.3, -0.25) is 14.9 Å². The van der Waals surface area contributed by atoms with Crippen molar-refractivity contribution >= 4 is 28.7 Å². The number of carbonyl (C=O) groups is 1. The topological polar surface area (TPSA) is 89.5 Å². The highest BCUT2D eigenvalue weighted by Crippen LogP contribution is 2.26. The SMILES string of the molecule is Cc1ccccc1C(=O)N/N=C\c1c(C)n(Cc2ccc([N+](=O)[O-])cc2)c2ccccc12. The molecule has 1 N–H and O–H groups in total. The Kier molecular flexibility index (Phi) is 5.81. The molecule has 0 aliphatic rings. The van der Waals surface area contributed by atoms with Crippen LogP contribution in [0.5, 0.6) is 0 Å². The summed E-state index contributed by atoms with van der Waals surface area (Å²) in [5.74, 6) is -0.258. The van der Waals surface area contributed by atoms with Gasteiger partial charge in [0.2, 0.25) is 0 Å². The zero-order valence-electron chi connectivity index (χ0n) is 17.8. The number of para-hydroxylation sites is 1. The molecule has 0 unspecified atom stereocenters. The van der Waals surface area contributed by atoms with Crippen LogP contribution in [0.4, 0.5) is 5.69 Å². The van der Waals surface area contributed by atoms with Crippen molar-refractivity contribution < 1.29 is 9.72 Å². The lowest BCUT2D eigenvalue weighted by Crippen LogP contribution is -2.18. The maximum Gasteiger partial charge on any atom is 0.271 e. The molecule has 0 atom stereocenters. The number of amides is 1. The van der Waals surface area contributed by atoms with E-state index in [4.69, 9.17) is 0 Å². The van der Waals surface area contributed by atoms with E-state index in [0.29, 0.717) is 12.1 Å². The molecule has 0 saturated carbocycles. The lowest BCUT2D eigenvalue weighted by molar-refractivity contribution is -0.384. The molecule has 1 aromatic heterocycles. The van der Waals surface area contributed by atoms with E-state index < -0.39 is 4.92 Å². The number of rotatable bonds is 6. The van der Waals surface area contributed by atoms with E-state index in [9.17, 15) is 14.9 Å². The van der Waals surface area contributed by atoms with Crippen LogP contribution in [0.25, 0.3) is 10.9 Å². The Morgan fingerprint density at radius 3 is 2.44 bits per heavy atom. The van der Waals surface area contributed by atoms with Crippen LogP contribution in [0.3, 0.4) is 0 Å². The molecule has 1 amide bonds. The second-order valence-electron chi connectivity index (χ2n) is 7.54. The highest BCUT2D eigenvalue weighted by Gasteiger charge is 2.14. The molecular formula is C25H22N4O3. The quantitative estimate of drug-likeness (QED) is 0.268. The Hall–Kier alpha value is -4.26. The number of fused-ring (bicyclic) bond motifs is 1. The maximum atomic E-state index is 12.4. The van der Waals surface area contributed by atoms with Crippen LogP contribution < -0.4 is 5.43 Å². The first-order chi connectivity index (χ1) is 15.5. The molecule has 7 heteroatoms. The number of aromatic nitrogens is 1. The molecule has 160 valence electrons. The molecule has 4 rings (SSSR count). The van der Waals surface area contributed by atoms with Gasteiger partial charge in [0.1, 0.15) is 0 Å². The summed E-state index contributed by atoms with van der Waals surface area (Å²) in [4.78, 5) is 23.0. The summed E-state index contributed by atoms with van der Waals surface area (Å²) in [5, 5.41) is 16.1. The van der Waals surface area contributed by atoms with Crippen molar-refractivity contribution in [2.45, 2.75) is 20.4 Å². The number of hydrogen-bond acceptors (Lipinski definition) is 4. The van der Waals surface area contributed by atoms with Crippen LogP contribution in [0.1, 0.15) is 32.7 Å². The fourth-order valence-electron chi connectivity index (χ4n) is 3.77. The van der Waals surface area contributed by atoms with E-state index in [1.165, 1.54) is 12.1 Å². The minimum Gasteiger partial charge on any atom is -0.340 e. The molecule has 1 heterocycles. The Morgan fingerprint density at radius 2 is 1.72 bits per heavy atom. The number of hydrazone groups is 1. The number of carbonyl (C=O) groups excluding carboxylic acids is 1. The van der Waals surface area contributed by atoms with Crippen LogP contribution in [0.15, 0.2) is 77.9 Å². The number of nitrogens with one attached hydrogen (secondary N) is 1. The van der Waals surface area contributed by atoms with E-state index in [2.05, 4.69) is 15.1 Å². The van der Waals surface area contributed by atoms with Crippen molar-refractivity contribution in [2.24, 2.45) is 5.10 Å². The molecule has 32 heavy (non-hydrogen) atoms. The molecule has 4 aromatic rings. The summed E-state index contributed by atoms with van der Waals surface area (Å²) in [7, 11) is 0. The number of benzene rings is 3. The molecule has 3 aromatic carbocycles. The molecule has 7 nitrogen and oxygen atoms in total. The van der Waals surface area contributed by atoms with E-state index in [0.717, 1.165) is 33.3 Å². The fraction of sp³-hybridized carbons (Fsp3) is 0.120. The van der Waals surface area contributed by atoms with E-state index in [1.807, 2.05) is 56.3 Å². The van der Waals surface area contributed by atoms with Crippen molar-refractivity contribution in [3.05, 3.63) is 111 Å². The van der Waals surface area contributed by atoms with Crippen molar-refractivity contribution in [3.63, 3.8) is 0 Å². The fourth-order valence-corrected chi connectivity index (χ4v) is 3.77. The summed E-state index contributed by atoms with van der Waals surface area (Å²) < 4.78 is 2.14. The van der Waals surface area contributed by atoms with Gasteiger partial charge in [-0.05, 0) is 37.1 Å². The molecule has 0 saturated heterocycles. The smallest absolute Gasteiger partial charge is 0.271 e. The average molecular weight is 426 g/mol. The monoisotopic (exact) mass is 426 g/mol. The van der Waals surface area contributed by atoms with Gasteiger partial charge in [0, 0.05) is 46.4 Å². The second-order valence-corrected chi connectivity index (χ2v) is 7.54. The lowest BCUT2D eigenvalue weighted by atomic mass is 10.1. The molecule has 0 aliphatic carbocycles. The van der Waals surface area contributed by atoms with Crippen molar-refractivity contribution in [2.75, 3.05) is 0 Å². The zero-order valence-corrected chi connectivity index (χ0v) is 17.8. The van der Waals surface area contributed by atoms with Crippen LogP contribution in [-0.2, 0) is 6.54 Å². The van der Waals surface area contributed by atoms with Gasteiger partial charge in [-0.2, -0.15) is 5.10 Å². The van der Waals surface area contributed by atoms with Crippen molar-refractivity contribution in [1.82, 2.24) is 9.99 Å². The minimum atomic E-state index is -0.403. The van der Waals surface area contributed by atoms with Crippen LogP contribution in [0.2, 0.25) is 0 Å². The first-order valence-corrected chi connectivity index (χ1v) is 10.2. The second kappa shape index (κ2) is 8.85. The predicted octanol–water partition coefficient (Wildman–Crippen LogP) is 4.98. The van der Waals surface area contributed by atoms with Crippen LogP contribution in [-0.4, -0.2) is 21.6 Å².